The fraction of sp³-hybridized carbons (Fsp3) is 0.312. The Kier molecular flexibility index (Phi) is 4.62. The third-order valence-electron chi connectivity index (χ3n) is 3.09. The second-order valence-corrected chi connectivity index (χ2v) is 6.83. The van der Waals surface area contributed by atoms with Gasteiger partial charge in [0, 0.05) is 0 Å². The van der Waals surface area contributed by atoms with Gasteiger partial charge in [-0.15, -0.1) is 0 Å². The minimum atomic E-state index is 0.0147. The van der Waals surface area contributed by atoms with Crippen molar-refractivity contribution in [2.75, 3.05) is 0 Å². The van der Waals surface area contributed by atoms with Crippen molar-refractivity contribution < 1.29 is 5.11 Å². The molecule has 0 spiro atoms. The molecule has 0 fully saturated rings. The average Bonchev–Trinajstić information content (AvgIpc) is 2.40. The van der Waals surface area contributed by atoms with Gasteiger partial charge in [0.05, 0.1) is 0 Å². The molecule has 0 radical (unpaired) electrons. The Morgan fingerprint density at radius 3 is 2.53 bits per heavy atom. The Morgan fingerprint density at radius 2 is 1.89 bits per heavy atom. The molecule has 0 saturated carbocycles. The zero-order chi connectivity index (χ0) is 13.8. The molecule has 2 nitrogen and oxygen atoms in total. The summed E-state index contributed by atoms with van der Waals surface area (Å²) in [5.74, 6) is 0.747. The van der Waals surface area contributed by atoms with Crippen LogP contribution in [-0.4, -0.2) is 26.0 Å². The maximum atomic E-state index is 10.3. The van der Waals surface area contributed by atoms with Crippen LogP contribution >= 0.6 is 0 Å². The van der Waals surface area contributed by atoms with Crippen molar-refractivity contribution in [1.82, 2.24) is 0 Å². The van der Waals surface area contributed by atoms with Gasteiger partial charge in [0.2, 0.25) is 0 Å². The van der Waals surface area contributed by atoms with Crippen LogP contribution in [0.1, 0.15) is 27.2 Å². The number of nitrogens with zero attached hydrogens (tertiary/aromatic N) is 1. The summed E-state index contributed by atoms with van der Waals surface area (Å²) >= 11 is 0.0147. The molecule has 0 amide bonds. The third-order valence-corrected chi connectivity index (χ3v) is 4.71. The number of hydrogen-bond acceptors (Lipinski definition) is 2. The van der Waals surface area contributed by atoms with Crippen molar-refractivity contribution in [2.45, 2.75) is 27.2 Å². The van der Waals surface area contributed by atoms with Crippen LogP contribution in [0.15, 0.2) is 57.3 Å². The summed E-state index contributed by atoms with van der Waals surface area (Å²) in [6.45, 7) is 6.33. The van der Waals surface area contributed by atoms with Gasteiger partial charge in [0.1, 0.15) is 0 Å². The molecule has 19 heavy (non-hydrogen) atoms. The molecule has 0 saturated heterocycles. The van der Waals surface area contributed by atoms with E-state index in [1.807, 2.05) is 24.3 Å². The van der Waals surface area contributed by atoms with E-state index in [2.05, 4.69) is 36.9 Å². The summed E-state index contributed by atoms with van der Waals surface area (Å²) in [7, 11) is 0. The van der Waals surface area contributed by atoms with Gasteiger partial charge in [-0.3, -0.25) is 0 Å². The maximum absolute atomic E-state index is 10.3. The van der Waals surface area contributed by atoms with Crippen LogP contribution in [0.3, 0.4) is 0 Å². The van der Waals surface area contributed by atoms with Crippen molar-refractivity contribution in [2.24, 2.45) is 9.93 Å². The minimum absolute atomic E-state index is 0.0147. The molecule has 1 aromatic carbocycles. The molecule has 1 aliphatic rings. The predicted octanol–water partition coefficient (Wildman–Crippen LogP) is 3.19. The number of aliphatic hydroxyl groups excluding tert-OH is 1. The molecule has 0 aromatic heterocycles. The van der Waals surface area contributed by atoms with Gasteiger partial charge in [0.25, 0.3) is 0 Å². The number of rotatable bonds is 3. The fourth-order valence-electron chi connectivity index (χ4n) is 2.03. The first-order chi connectivity index (χ1) is 9.08. The van der Waals surface area contributed by atoms with Crippen LogP contribution in [0.2, 0.25) is 0 Å². The first-order valence-corrected chi connectivity index (χ1v) is 8.10. The molecule has 0 bridgehead atoms. The van der Waals surface area contributed by atoms with Crippen LogP contribution in [0.25, 0.3) is 0 Å². The zero-order valence-corrected chi connectivity index (χ0v) is 13.3. The summed E-state index contributed by atoms with van der Waals surface area (Å²) in [4.78, 5) is 0. The first kappa shape index (κ1) is 14.1. The van der Waals surface area contributed by atoms with Gasteiger partial charge < -0.3 is 0 Å². The Hall–Kier alpha value is -1.31. The average molecular weight is 320 g/mol. The molecule has 2 rings (SSSR count). The SMILES string of the molecule is CC1=C/C(=N\[Se]c2ccccc2)C(O)=C(C(C)C)C1. The van der Waals surface area contributed by atoms with Crippen LogP contribution in [-0.2, 0) is 0 Å². The van der Waals surface area contributed by atoms with Gasteiger partial charge in [0.15, 0.2) is 0 Å². The topological polar surface area (TPSA) is 32.6 Å². The van der Waals surface area contributed by atoms with Gasteiger partial charge >= 0.3 is 121 Å². The van der Waals surface area contributed by atoms with E-state index >= 15 is 0 Å². The fourth-order valence-corrected chi connectivity index (χ4v) is 3.34. The van der Waals surface area contributed by atoms with E-state index in [1.165, 1.54) is 10.0 Å². The second kappa shape index (κ2) is 6.23. The Balaban J connectivity index is 2.24. The molecule has 100 valence electrons. The Bertz CT molecular complexity index is 541. The van der Waals surface area contributed by atoms with Gasteiger partial charge in [-0.25, -0.2) is 0 Å². The molecule has 1 aromatic rings. The first-order valence-electron chi connectivity index (χ1n) is 6.47. The van der Waals surface area contributed by atoms with Gasteiger partial charge in [-0.2, -0.15) is 0 Å². The van der Waals surface area contributed by atoms with Crippen LogP contribution in [0.5, 0.6) is 0 Å². The predicted molar refractivity (Wildman–Crippen MR) is 82.1 cm³/mol. The van der Waals surface area contributed by atoms with Crippen LogP contribution in [0, 0.1) is 5.92 Å². The third kappa shape index (κ3) is 3.59. The number of hydrogen-bond donors (Lipinski definition) is 1. The standard InChI is InChI=1S/C16H19NOSe/c1-11(2)14-9-12(3)10-15(16(14)18)17-19-13-7-5-4-6-8-13/h4-8,10-11,18H,9H2,1-3H3/b17-15+. The number of allylic oxidation sites excluding steroid dienone is 3. The number of benzene rings is 1. The Morgan fingerprint density at radius 1 is 1.21 bits per heavy atom. The summed E-state index contributed by atoms with van der Waals surface area (Å²) in [6.07, 6.45) is 2.87. The number of aliphatic hydroxyl groups is 1. The molecular formula is C16H19NOSe. The van der Waals surface area contributed by atoms with Crippen LogP contribution in [0.4, 0.5) is 0 Å². The zero-order valence-electron chi connectivity index (χ0n) is 11.6. The summed E-state index contributed by atoms with van der Waals surface area (Å²) in [6, 6.07) is 10.2. The molecule has 0 atom stereocenters. The van der Waals surface area contributed by atoms with E-state index in [9.17, 15) is 5.11 Å². The van der Waals surface area contributed by atoms with E-state index < -0.39 is 0 Å². The van der Waals surface area contributed by atoms with Crippen LogP contribution < -0.4 is 4.46 Å². The normalized spacial score (nSPS) is 18.1. The molecule has 3 heteroatoms. The van der Waals surface area contributed by atoms with E-state index in [-0.39, 0.29) is 15.2 Å². The summed E-state index contributed by atoms with van der Waals surface area (Å²) in [5, 5.41) is 10.3. The quantitative estimate of drug-likeness (QED) is 0.853. The van der Waals surface area contributed by atoms with Gasteiger partial charge in [-0.05, 0) is 0 Å². The molecule has 1 aliphatic carbocycles. The van der Waals surface area contributed by atoms with E-state index in [1.54, 1.807) is 0 Å². The molecule has 0 unspecified atom stereocenters. The van der Waals surface area contributed by atoms with Crippen molar-refractivity contribution in [1.29, 1.82) is 0 Å². The van der Waals surface area contributed by atoms with E-state index in [4.69, 9.17) is 0 Å². The molecular weight excluding hydrogens is 301 g/mol. The summed E-state index contributed by atoms with van der Waals surface area (Å²) < 4.78 is 5.83. The summed E-state index contributed by atoms with van der Waals surface area (Å²) in [5.41, 5.74) is 3.11. The molecule has 1 N–H and O–H groups in total. The Labute approximate surface area is 121 Å². The molecule has 0 heterocycles. The van der Waals surface area contributed by atoms with Crippen molar-refractivity contribution in [3.05, 3.63) is 53.3 Å². The van der Waals surface area contributed by atoms with Crippen molar-refractivity contribution in [3.8, 4) is 0 Å². The molecule has 0 aliphatic heterocycles. The van der Waals surface area contributed by atoms with Gasteiger partial charge in [-0.1, -0.05) is 0 Å². The van der Waals surface area contributed by atoms with Crippen molar-refractivity contribution >= 4 is 25.3 Å². The van der Waals surface area contributed by atoms with E-state index in [0.717, 1.165) is 17.7 Å². The monoisotopic (exact) mass is 321 g/mol. The van der Waals surface area contributed by atoms with Crippen molar-refractivity contribution in [3.63, 3.8) is 0 Å². The van der Waals surface area contributed by atoms with E-state index in [0.29, 0.717) is 11.7 Å². The second-order valence-electron chi connectivity index (χ2n) is 5.08.